The van der Waals surface area contributed by atoms with Crippen LogP contribution in [0.4, 0.5) is 10.5 Å². The van der Waals surface area contributed by atoms with E-state index in [9.17, 15) is 24.5 Å². The summed E-state index contributed by atoms with van der Waals surface area (Å²) in [6.45, 7) is -0.463. The van der Waals surface area contributed by atoms with Crippen molar-refractivity contribution in [3.63, 3.8) is 0 Å². The quantitative estimate of drug-likeness (QED) is 0.170. The van der Waals surface area contributed by atoms with Crippen molar-refractivity contribution < 1.29 is 23.7 Å². The van der Waals surface area contributed by atoms with E-state index < -0.39 is 28.4 Å². The Kier molecular flexibility index (Phi) is 6.68. The van der Waals surface area contributed by atoms with Crippen LogP contribution >= 0.6 is 35.1 Å². The maximum atomic E-state index is 12.7. The van der Waals surface area contributed by atoms with Crippen molar-refractivity contribution >= 4 is 63.8 Å². The molecule has 33 heavy (non-hydrogen) atoms. The number of benzene rings is 2. The number of furan rings is 1. The van der Waals surface area contributed by atoms with Crippen LogP contribution in [0.2, 0.25) is 5.02 Å². The van der Waals surface area contributed by atoms with E-state index >= 15 is 0 Å². The molecule has 0 radical (unpaired) electrons. The minimum absolute atomic E-state index is 0.133. The first-order valence-electron chi connectivity index (χ1n) is 9.36. The second-order valence-corrected chi connectivity index (χ2v) is 9.22. The Hall–Kier alpha value is -3.34. The Bertz CT molecular complexity index is 1280. The van der Waals surface area contributed by atoms with E-state index in [4.69, 9.17) is 16.0 Å². The lowest BCUT2D eigenvalue weighted by atomic mass is 10.1. The van der Waals surface area contributed by atoms with E-state index in [0.29, 0.717) is 27.6 Å². The summed E-state index contributed by atoms with van der Waals surface area (Å²) in [6, 6.07) is 15.6. The van der Waals surface area contributed by atoms with Crippen LogP contribution in [0.15, 0.2) is 80.0 Å². The van der Waals surface area contributed by atoms with Crippen molar-refractivity contribution in [1.29, 1.82) is 0 Å². The highest BCUT2D eigenvalue weighted by molar-refractivity contribution is 8.18. The number of carbonyl (C=O) groups is 3. The van der Waals surface area contributed by atoms with Crippen molar-refractivity contribution in [3.8, 4) is 0 Å². The average Bonchev–Trinajstić information content (AvgIpc) is 3.34. The van der Waals surface area contributed by atoms with E-state index in [1.165, 1.54) is 42.1 Å². The van der Waals surface area contributed by atoms with Gasteiger partial charge in [0.05, 0.1) is 16.4 Å². The third-order valence-electron chi connectivity index (χ3n) is 4.48. The zero-order valence-electron chi connectivity index (χ0n) is 16.6. The maximum Gasteiger partial charge on any atom is 0.293 e. The van der Waals surface area contributed by atoms with Crippen LogP contribution in [-0.2, 0) is 4.79 Å². The number of halogens is 1. The maximum absolute atomic E-state index is 12.7. The van der Waals surface area contributed by atoms with Gasteiger partial charge in [-0.05, 0) is 60.3 Å². The summed E-state index contributed by atoms with van der Waals surface area (Å²) in [5, 5.41) is 11.4. The summed E-state index contributed by atoms with van der Waals surface area (Å²) in [5.41, 5.74) is 0.00576. The van der Waals surface area contributed by atoms with Gasteiger partial charge in [0.1, 0.15) is 5.76 Å². The van der Waals surface area contributed by atoms with Gasteiger partial charge in [-0.1, -0.05) is 23.4 Å². The molecule has 2 aromatic carbocycles. The molecule has 0 aliphatic carbocycles. The number of nitro benzene ring substituents is 1. The fraction of sp³-hybridized carbons (Fsp3) is 0.0455. The fourth-order valence-electron chi connectivity index (χ4n) is 2.86. The molecule has 1 aliphatic rings. The van der Waals surface area contributed by atoms with Gasteiger partial charge in [-0.2, -0.15) is 0 Å². The molecule has 0 N–H and O–H groups in total. The predicted octanol–water partition coefficient (Wildman–Crippen LogP) is 5.91. The number of amides is 2. The lowest BCUT2D eigenvalue weighted by Gasteiger charge is -2.11. The number of non-ortho nitro benzene ring substituents is 1. The molecule has 0 atom stereocenters. The van der Waals surface area contributed by atoms with Crippen LogP contribution < -0.4 is 0 Å². The predicted molar refractivity (Wildman–Crippen MR) is 124 cm³/mol. The molecule has 0 bridgehead atoms. The summed E-state index contributed by atoms with van der Waals surface area (Å²) >= 11 is 7.97. The number of imide groups is 1. The lowest BCUT2D eigenvalue weighted by Crippen LogP contribution is -2.33. The number of nitro groups is 1. The average molecular weight is 501 g/mol. The summed E-state index contributed by atoms with van der Waals surface area (Å²) in [7, 11) is 0. The van der Waals surface area contributed by atoms with Gasteiger partial charge in [0.2, 0.25) is 0 Å². The summed E-state index contributed by atoms with van der Waals surface area (Å²) < 4.78 is 5.72. The zero-order valence-corrected chi connectivity index (χ0v) is 19.0. The van der Waals surface area contributed by atoms with Crippen molar-refractivity contribution in [2.75, 3.05) is 6.54 Å². The number of hydrogen-bond acceptors (Lipinski definition) is 8. The second kappa shape index (κ2) is 9.65. The molecular formula is C22H13ClN2O6S2. The Morgan fingerprint density at radius 2 is 1.79 bits per heavy atom. The van der Waals surface area contributed by atoms with Gasteiger partial charge >= 0.3 is 0 Å². The molecule has 166 valence electrons. The van der Waals surface area contributed by atoms with Gasteiger partial charge < -0.3 is 4.42 Å². The molecular weight excluding hydrogens is 488 g/mol. The largest absolute Gasteiger partial charge is 0.450 e. The number of carbonyl (C=O) groups excluding carboxylic acids is 3. The fourth-order valence-corrected chi connectivity index (χ4v) is 4.58. The lowest BCUT2D eigenvalue weighted by molar-refractivity contribution is -0.384. The van der Waals surface area contributed by atoms with Gasteiger partial charge in [0, 0.05) is 33.7 Å². The van der Waals surface area contributed by atoms with Crippen LogP contribution in [0.25, 0.3) is 6.08 Å². The Morgan fingerprint density at radius 1 is 1.09 bits per heavy atom. The van der Waals surface area contributed by atoms with Gasteiger partial charge in [-0.3, -0.25) is 29.4 Å². The van der Waals surface area contributed by atoms with Crippen LogP contribution in [0, 0.1) is 10.1 Å². The molecule has 2 heterocycles. The SMILES string of the molecule is O=C(CN1C(=O)S/C(=C\c2ccc(Sc3ccc(Cl)cc3)o2)C1=O)c1ccc([N+](=O)[O-])cc1. The number of Topliss-reactive ketones (excluding diaryl/α,β-unsaturated/α-hetero) is 1. The number of thioether (sulfide) groups is 1. The van der Waals surface area contributed by atoms with Gasteiger partial charge in [0.15, 0.2) is 10.9 Å². The highest BCUT2D eigenvalue weighted by atomic mass is 35.5. The topological polar surface area (TPSA) is 111 Å². The first kappa shape index (κ1) is 22.8. The molecule has 1 aromatic heterocycles. The normalized spacial score (nSPS) is 14.8. The summed E-state index contributed by atoms with van der Waals surface area (Å²) in [6.07, 6.45) is 1.45. The number of nitrogens with zero attached hydrogens (tertiary/aromatic N) is 2. The van der Waals surface area contributed by atoms with Crippen LogP contribution in [-0.4, -0.2) is 33.3 Å². The van der Waals surface area contributed by atoms with Crippen LogP contribution in [0.1, 0.15) is 16.1 Å². The van der Waals surface area contributed by atoms with Crippen molar-refractivity contribution in [2.45, 2.75) is 9.99 Å². The first-order chi connectivity index (χ1) is 15.8. The Balaban J connectivity index is 1.43. The highest BCUT2D eigenvalue weighted by Gasteiger charge is 2.36. The number of hydrogen-bond donors (Lipinski definition) is 0. The third kappa shape index (κ3) is 5.36. The molecule has 1 fully saturated rings. The second-order valence-electron chi connectivity index (χ2n) is 6.71. The zero-order chi connectivity index (χ0) is 23.5. The first-order valence-corrected chi connectivity index (χ1v) is 11.4. The molecule has 11 heteroatoms. The van der Waals surface area contributed by atoms with E-state index in [0.717, 1.165) is 9.80 Å². The molecule has 0 unspecified atom stereocenters. The van der Waals surface area contributed by atoms with Crippen molar-refractivity contribution in [2.24, 2.45) is 0 Å². The van der Waals surface area contributed by atoms with E-state index in [-0.39, 0.29) is 16.2 Å². The van der Waals surface area contributed by atoms with E-state index in [1.807, 2.05) is 12.1 Å². The number of rotatable bonds is 7. The monoisotopic (exact) mass is 500 g/mol. The van der Waals surface area contributed by atoms with Gasteiger partial charge in [-0.15, -0.1) is 0 Å². The van der Waals surface area contributed by atoms with Gasteiger partial charge in [-0.25, -0.2) is 0 Å². The number of ketones is 1. The Morgan fingerprint density at radius 3 is 2.45 bits per heavy atom. The van der Waals surface area contributed by atoms with E-state index in [1.54, 1.807) is 24.3 Å². The molecule has 8 nitrogen and oxygen atoms in total. The van der Waals surface area contributed by atoms with E-state index in [2.05, 4.69) is 0 Å². The highest BCUT2D eigenvalue weighted by Crippen LogP contribution is 2.35. The molecule has 0 spiro atoms. The standard InChI is InChI=1S/C22H13ClN2O6S2/c23-14-3-8-17(9-4-14)32-20-10-7-16(31-20)11-19-21(27)24(22(28)33-19)12-18(26)13-1-5-15(6-2-13)25(29)30/h1-11H,12H2/b19-11-. The molecule has 0 saturated carbocycles. The van der Waals surface area contributed by atoms with Crippen LogP contribution in [0.3, 0.4) is 0 Å². The minimum Gasteiger partial charge on any atom is -0.450 e. The third-order valence-corrected chi connectivity index (χ3v) is 6.57. The molecule has 3 aromatic rings. The van der Waals surface area contributed by atoms with Crippen molar-refractivity contribution in [1.82, 2.24) is 4.90 Å². The molecule has 2 amide bonds. The van der Waals surface area contributed by atoms with Crippen molar-refractivity contribution in [3.05, 3.63) is 92.0 Å². The summed E-state index contributed by atoms with van der Waals surface area (Å²) in [4.78, 5) is 49.5. The van der Waals surface area contributed by atoms with Crippen LogP contribution in [0.5, 0.6) is 0 Å². The molecule has 1 aliphatic heterocycles. The Labute approximate surface area is 200 Å². The molecule has 4 rings (SSSR count). The van der Waals surface area contributed by atoms with Gasteiger partial charge in [0.25, 0.3) is 16.8 Å². The summed E-state index contributed by atoms with van der Waals surface area (Å²) in [5.74, 6) is -0.727. The smallest absolute Gasteiger partial charge is 0.293 e. The molecule has 1 saturated heterocycles. The minimum atomic E-state index is -0.608.